The van der Waals surface area contributed by atoms with Gasteiger partial charge in [-0.2, -0.15) is 9.57 Å². The second kappa shape index (κ2) is 6.58. The molecule has 116 valence electrons. The van der Waals surface area contributed by atoms with Crippen molar-refractivity contribution in [2.24, 2.45) is 0 Å². The van der Waals surface area contributed by atoms with Crippen molar-refractivity contribution in [1.29, 1.82) is 5.26 Å². The van der Waals surface area contributed by atoms with Gasteiger partial charge in [-0.05, 0) is 19.1 Å². The molecule has 2 rings (SSSR count). The first kappa shape index (κ1) is 16.0. The van der Waals surface area contributed by atoms with Gasteiger partial charge in [0.1, 0.15) is 6.07 Å². The normalized spacial score (nSPS) is 18.6. The number of likely N-dealkylation sites (N-methyl/N-ethyl adjacent to an activating group) is 1. The molecular weight excluding hydrogens is 294 g/mol. The molecule has 0 saturated carbocycles. The van der Waals surface area contributed by atoms with Crippen LogP contribution < -0.4 is 0 Å². The number of ether oxygens (including phenoxy) is 1. The Morgan fingerprint density at radius 1 is 1.43 bits per heavy atom. The maximum Gasteiger partial charge on any atom is 0.276 e. The zero-order valence-electron chi connectivity index (χ0n) is 12.2. The predicted octanol–water partition coefficient (Wildman–Crippen LogP) is 0.492. The van der Waals surface area contributed by atoms with Crippen molar-refractivity contribution in [3.05, 3.63) is 17.9 Å². The van der Waals surface area contributed by atoms with Crippen molar-refractivity contribution >= 4 is 10.0 Å². The molecule has 21 heavy (non-hydrogen) atoms. The van der Waals surface area contributed by atoms with Crippen molar-refractivity contribution in [3.63, 3.8) is 0 Å². The van der Waals surface area contributed by atoms with Crippen molar-refractivity contribution in [1.82, 2.24) is 9.21 Å². The lowest BCUT2D eigenvalue weighted by molar-refractivity contribution is 0.0313. The molecule has 0 N–H and O–H groups in total. The Hall–Kier alpha value is -1.40. The fourth-order valence-electron chi connectivity index (χ4n) is 2.17. The lowest BCUT2D eigenvalue weighted by Gasteiger charge is -2.32. The number of hydrogen-bond donors (Lipinski definition) is 0. The zero-order chi connectivity index (χ0) is 15.5. The van der Waals surface area contributed by atoms with E-state index in [1.807, 2.05) is 6.92 Å². The molecule has 0 amide bonds. The Labute approximate surface area is 124 Å². The largest absolute Gasteiger partial charge is 0.433 e. The van der Waals surface area contributed by atoms with Gasteiger partial charge in [-0.1, -0.05) is 0 Å². The Morgan fingerprint density at radius 3 is 2.67 bits per heavy atom. The number of sulfonamides is 1. The summed E-state index contributed by atoms with van der Waals surface area (Å²) in [4.78, 5) is 2.17. The quantitative estimate of drug-likeness (QED) is 0.786. The lowest BCUT2D eigenvalue weighted by Crippen LogP contribution is -2.46. The van der Waals surface area contributed by atoms with Crippen molar-refractivity contribution in [3.8, 4) is 6.07 Å². The number of nitrogens with zero attached hydrogens (tertiary/aromatic N) is 3. The fraction of sp³-hybridized carbons (Fsp3) is 0.615. The third kappa shape index (κ3) is 3.63. The molecule has 1 aromatic heterocycles. The van der Waals surface area contributed by atoms with Gasteiger partial charge in [0, 0.05) is 32.7 Å². The molecule has 1 saturated heterocycles. The van der Waals surface area contributed by atoms with Gasteiger partial charge >= 0.3 is 0 Å². The van der Waals surface area contributed by atoms with E-state index in [9.17, 15) is 8.42 Å². The van der Waals surface area contributed by atoms with Gasteiger partial charge in [0.2, 0.25) is 10.9 Å². The van der Waals surface area contributed by atoms with Crippen LogP contribution >= 0.6 is 0 Å². The average molecular weight is 313 g/mol. The van der Waals surface area contributed by atoms with E-state index in [-0.39, 0.29) is 16.9 Å². The predicted molar refractivity (Wildman–Crippen MR) is 75.1 cm³/mol. The van der Waals surface area contributed by atoms with Crippen LogP contribution in [-0.4, -0.2) is 63.6 Å². The smallest absolute Gasteiger partial charge is 0.276 e. The van der Waals surface area contributed by atoms with Crippen molar-refractivity contribution in [2.45, 2.75) is 18.1 Å². The molecule has 1 unspecified atom stereocenters. The monoisotopic (exact) mass is 313 g/mol. The second-order valence-corrected chi connectivity index (χ2v) is 6.94. The van der Waals surface area contributed by atoms with Crippen LogP contribution in [0.15, 0.2) is 21.6 Å². The summed E-state index contributed by atoms with van der Waals surface area (Å²) in [6.45, 7) is 5.43. The molecule has 8 heteroatoms. The van der Waals surface area contributed by atoms with Crippen molar-refractivity contribution < 1.29 is 17.6 Å². The molecule has 0 spiro atoms. The van der Waals surface area contributed by atoms with E-state index in [0.717, 1.165) is 13.1 Å². The highest BCUT2D eigenvalue weighted by Gasteiger charge is 2.29. The minimum Gasteiger partial charge on any atom is -0.433 e. The summed E-state index contributed by atoms with van der Waals surface area (Å²) < 4.78 is 36.4. The van der Waals surface area contributed by atoms with Gasteiger partial charge in [-0.25, -0.2) is 8.42 Å². The summed E-state index contributed by atoms with van der Waals surface area (Å²) in [5.41, 5.74) is 0. The fourth-order valence-corrected chi connectivity index (χ4v) is 3.43. The molecule has 2 heterocycles. The van der Waals surface area contributed by atoms with Crippen molar-refractivity contribution in [2.75, 3.05) is 39.9 Å². The van der Waals surface area contributed by atoms with E-state index in [4.69, 9.17) is 14.4 Å². The number of hydrogen-bond acceptors (Lipinski definition) is 6. The van der Waals surface area contributed by atoms with E-state index in [2.05, 4.69) is 4.90 Å². The van der Waals surface area contributed by atoms with Gasteiger partial charge in [0.15, 0.2) is 0 Å². The van der Waals surface area contributed by atoms with Gasteiger partial charge in [0.25, 0.3) is 10.0 Å². The van der Waals surface area contributed by atoms with E-state index in [0.29, 0.717) is 19.8 Å². The van der Waals surface area contributed by atoms with Gasteiger partial charge in [-0.3, -0.25) is 4.90 Å². The summed E-state index contributed by atoms with van der Waals surface area (Å²) in [5, 5.41) is 8.51. The standard InChI is InChI=1S/C13H19N3O4S/c1-11(10-16-5-7-19-8-6-16)15(2)21(17,18)13-4-3-12(9-14)20-13/h3-4,11H,5-8,10H2,1-2H3. The zero-order valence-corrected chi connectivity index (χ0v) is 13.0. The molecule has 0 aliphatic carbocycles. The van der Waals surface area contributed by atoms with Crippen LogP contribution in [0.25, 0.3) is 0 Å². The third-order valence-corrected chi connectivity index (χ3v) is 5.42. The molecular formula is C13H19N3O4S. The van der Waals surface area contributed by atoms with Crippen LogP contribution in [0.1, 0.15) is 12.7 Å². The molecule has 1 aromatic rings. The number of rotatable bonds is 5. The van der Waals surface area contributed by atoms with Crippen LogP contribution in [0, 0.1) is 11.3 Å². The van der Waals surface area contributed by atoms with Crippen LogP contribution in [0.3, 0.4) is 0 Å². The van der Waals surface area contributed by atoms with Crippen LogP contribution in [-0.2, 0) is 14.8 Å². The van der Waals surface area contributed by atoms with Crippen LogP contribution in [0.2, 0.25) is 0 Å². The van der Waals surface area contributed by atoms with Crippen LogP contribution in [0.4, 0.5) is 0 Å². The molecule has 7 nitrogen and oxygen atoms in total. The molecule has 0 radical (unpaired) electrons. The molecule has 1 fully saturated rings. The first-order valence-electron chi connectivity index (χ1n) is 6.73. The van der Waals surface area contributed by atoms with E-state index < -0.39 is 10.0 Å². The topological polar surface area (TPSA) is 86.8 Å². The summed E-state index contributed by atoms with van der Waals surface area (Å²) >= 11 is 0. The maximum atomic E-state index is 12.4. The number of furan rings is 1. The summed E-state index contributed by atoms with van der Waals surface area (Å²) in [6.07, 6.45) is 0. The first-order valence-corrected chi connectivity index (χ1v) is 8.17. The van der Waals surface area contributed by atoms with E-state index in [1.54, 1.807) is 6.07 Å². The molecule has 0 bridgehead atoms. The lowest BCUT2D eigenvalue weighted by atomic mass is 10.3. The molecule has 1 aliphatic heterocycles. The Kier molecular flexibility index (Phi) is 5.00. The first-order chi connectivity index (χ1) is 9.95. The Bertz CT molecular complexity index is 614. The highest BCUT2D eigenvalue weighted by atomic mass is 32.2. The average Bonchev–Trinajstić information content (AvgIpc) is 2.97. The van der Waals surface area contributed by atoms with Gasteiger partial charge < -0.3 is 9.15 Å². The van der Waals surface area contributed by atoms with Gasteiger partial charge in [0.05, 0.1) is 13.2 Å². The summed E-state index contributed by atoms with van der Waals surface area (Å²) in [5.74, 6) is -0.0113. The maximum absolute atomic E-state index is 12.4. The van der Waals surface area contributed by atoms with Gasteiger partial charge in [-0.15, -0.1) is 0 Å². The third-order valence-electron chi connectivity index (χ3n) is 3.57. The highest BCUT2D eigenvalue weighted by molar-refractivity contribution is 7.89. The summed E-state index contributed by atoms with van der Waals surface area (Å²) in [6, 6.07) is 4.24. The number of nitriles is 1. The van der Waals surface area contributed by atoms with Crippen LogP contribution in [0.5, 0.6) is 0 Å². The minimum atomic E-state index is -3.72. The number of morpholine rings is 1. The molecule has 0 aromatic carbocycles. The summed E-state index contributed by atoms with van der Waals surface area (Å²) in [7, 11) is -2.20. The second-order valence-electron chi connectivity index (χ2n) is 5.01. The molecule has 1 atom stereocenters. The Morgan fingerprint density at radius 2 is 2.10 bits per heavy atom. The molecule has 1 aliphatic rings. The van der Waals surface area contributed by atoms with E-state index in [1.165, 1.54) is 23.5 Å². The highest BCUT2D eigenvalue weighted by Crippen LogP contribution is 2.19. The minimum absolute atomic E-state index is 0.0113. The Balaban J connectivity index is 2.06. The SMILES string of the molecule is CC(CN1CCOCC1)N(C)S(=O)(=O)c1ccc(C#N)o1. The van der Waals surface area contributed by atoms with E-state index >= 15 is 0 Å².